The number of aliphatic hydroxyl groups excluding tert-OH is 1. The average Bonchev–Trinajstić information content (AvgIpc) is 2.62. The quantitative estimate of drug-likeness (QED) is 0.626. The Morgan fingerprint density at radius 1 is 1.29 bits per heavy atom. The smallest absolute Gasteiger partial charge is 0.237 e. The summed E-state index contributed by atoms with van der Waals surface area (Å²) in [5.41, 5.74) is 0. The van der Waals surface area contributed by atoms with Gasteiger partial charge in [-0.3, -0.25) is 4.79 Å². The van der Waals surface area contributed by atoms with Crippen molar-refractivity contribution in [1.29, 1.82) is 0 Å². The molecule has 1 saturated heterocycles. The maximum absolute atomic E-state index is 12.0. The summed E-state index contributed by atoms with van der Waals surface area (Å²) in [6.07, 6.45) is 6.10. The summed E-state index contributed by atoms with van der Waals surface area (Å²) in [5, 5.41) is 15.6. The van der Waals surface area contributed by atoms with Crippen molar-refractivity contribution >= 4 is 5.91 Å². The van der Waals surface area contributed by atoms with Gasteiger partial charge in [0, 0.05) is 12.6 Å². The fourth-order valence-electron chi connectivity index (χ4n) is 2.85. The van der Waals surface area contributed by atoms with E-state index in [4.69, 9.17) is 0 Å². The summed E-state index contributed by atoms with van der Waals surface area (Å²) < 4.78 is 0. The van der Waals surface area contributed by atoms with Crippen molar-refractivity contribution in [3.8, 4) is 0 Å². The van der Waals surface area contributed by atoms with Crippen LogP contribution in [0.2, 0.25) is 0 Å². The van der Waals surface area contributed by atoms with Crippen LogP contribution in [-0.4, -0.2) is 35.7 Å². The van der Waals surface area contributed by atoms with Crippen molar-refractivity contribution in [2.45, 2.75) is 63.6 Å². The van der Waals surface area contributed by atoms with Crippen LogP contribution in [0.25, 0.3) is 0 Å². The molecule has 0 bridgehead atoms. The standard InChI is InChI=1S/C13H24N2O2/c1-9-3-2-4-10(6-5-9)15-13(17)12-7-11(16)8-14-12/h9-12,14,16H,2-8H2,1H3,(H,15,17). The lowest BCUT2D eigenvalue weighted by Crippen LogP contribution is -2.45. The predicted octanol–water partition coefficient (Wildman–Crippen LogP) is 0.794. The van der Waals surface area contributed by atoms with Crippen LogP contribution >= 0.6 is 0 Å². The van der Waals surface area contributed by atoms with E-state index in [9.17, 15) is 9.90 Å². The van der Waals surface area contributed by atoms with Crippen LogP contribution in [0.3, 0.4) is 0 Å². The third-order valence-corrected chi connectivity index (χ3v) is 4.03. The number of β-amino-alcohol motifs (C(OH)–C–C–N with tert-alkyl or cyclic N) is 1. The summed E-state index contributed by atoms with van der Waals surface area (Å²) in [4.78, 5) is 12.0. The van der Waals surface area contributed by atoms with Gasteiger partial charge in [-0.1, -0.05) is 19.8 Å². The summed E-state index contributed by atoms with van der Waals surface area (Å²) in [5.74, 6) is 0.865. The van der Waals surface area contributed by atoms with Crippen molar-refractivity contribution in [2.75, 3.05) is 6.54 Å². The van der Waals surface area contributed by atoms with E-state index in [1.54, 1.807) is 0 Å². The second-order valence-corrected chi connectivity index (χ2v) is 5.67. The second-order valence-electron chi connectivity index (χ2n) is 5.67. The van der Waals surface area contributed by atoms with Gasteiger partial charge in [-0.05, 0) is 31.6 Å². The molecule has 2 aliphatic rings. The SMILES string of the molecule is CC1CCCC(NC(=O)C2CC(O)CN2)CC1. The molecule has 0 aromatic rings. The molecule has 0 spiro atoms. The van der Waals surface area contributed by atoms with E-state index < -0.39 is 0 Å². The molecule has 4 nitrogen and oxygen atoms in total. The van der Waals surface area contributed by atoms with Gasteiger partial charge in [0.05, 0.1) is 12.1 Å². The zero-order valence-corrected chi connectivity index (χ0v) is 10.6. The van der Waals surface area contributed by atoms with Crippen LogP contribution in [0.15, 0.2) is 0 Å². The van der Waals surface area contributed by atoms with Crippen molar-refractivity contribution < 1.29 is 9.90 Å². The maximum Gasteiger partial charge on any atom is 0.237 e. The van der Waals surface area contributed by atoms with Crippen LogP contribution in [0, 0.1) is 5.92 Å². The van der Waals surface area contributed by atoms with Gasteiger partial charge in [0.15, 0.2) is 0 Å². The van der Waals surface area contributed by atoms with Gasteiger partial charge < -0.3 is 15.7 Å². The van der Waals surface area contributed by atoms with Crippen LogP contribution in [-0.2, 0) is 4.79 Å². The molecule has 17 heavy (non-hydrogen) atoms. The van der Waals surface area contributed by atoms with Crippen molar-refractivity contribution in [1.82, 2.24) is 10.6 Å². The molecular formula is C13H24N2O2. The van der Waals surface area contributed by atoms with E-state index in [2.05, 4.69) is 17.6 Å². The maximum atomic E-state index is 12.0. The molecule has 1 aliphatic heterocycles. The Kier molecular flexibility index (Phi) is 4.40. The number of carbonyl (C=O) groups excluding carboxylic acids is 1. The molecule has 98 valence electrons. The van der Waals surface area contributed by atoms with Crippen molar-refractivity contribution in [2.24, 2.45) is 5.92 Å². The first-order valence-corrected chi connectivity index (χ1v) is 6.87. The molecule has 4 heteroatoms. The first kappa shape index (κ1) is 12.8. The molecule has 2 rings (SSSR count). The monoisotopic (exact) mass is 240 g/mol. The molecule has 2 fully saturated rings. The summed E-state index contributed by atoms with van der Waals surface area (Å²) >= 11 is 0. The van der Waals surface area contributed by atoms with Crippen LogP contribution < -0.4 is 10.6 Å². The fraction of sp³-hybridized carbons (Fsp3) is 0.923. The van der Waals surface area contributed by atoms with Crippen molar-refractivity contribution in [3.05, 3.63) is 0 Å². The molecule has 0 aromatic carbocycles. The third-order valence-electron chi connectivity index (χ3n) is 4.03. The first-order chi connectivity index (χ1) is 8.15. The van der Waals surface area contributed by atoms with Gasteiger partial charge in [0.2, 0.25) is 5.91 Å². The minimum Gasteiger partial charge on any atom is -0.392 e. The van der Waals surface area contributed by atoms with E-state index >= 15 is 0 Å². The van der Waals surface area contributed by atoms with Gasteiger partial charge in [0.25, 0.3) is 0 Å². The normalized spacial score (nSPS) is 38.7. The van der Waals surface area contributed by atoms with Gasteiger partial charge in [-0.25, -0.2) is 0 Å². The van der Waals surface area contributed by atoms with Crippen molar-refractivity contribution in [3.63, 3.8) is 0 Å². The van der Waals surface area contributed by atoms with E-state index in [0.29, 0.717) is 19.0 Å². The molecule has 0 radical (unpaired) electrons. The Morgan fingerprint density at radius 2 is 2.12 bits per heavy atom. The Hall–Kier alpha value is -0.610. The van der Waals surface area contributed by atoms with E-state index in [0.717, 1.165) is 18.8 Å². The number of hydrogen-bond donors (Lipinski definition) is 3. The molecule has 1 aliphatic carbocycles. The minimum absolute atomic E-state index is 0.0705. The highest BCUT2D eigenvalue weighted by Crippen LogP contribution is 2.22. The van der Waals surface area contributed by atoms with Gasteiger partial charge >= 0.3 is 0 Å². The van der Waals surface area contributed by atoms with Crippen LogP contribution in [0.1, 0.15) is 45.4 Å². The third kappa shape index (κ3) is 3.68. The zero-order chi connectivity index (χ0) is 12.3. The lowest BCUT2D eigenvalue weighted by Gasteiger charge is -2.19. The summed E-state index contributed by atoms with van der Waals surface area (Å²) in [6.45, 7) is 2.83. The Balaban J connectivity index is 1.78. The lowest BCUT2D eigenvalue weighted by atomic mass is 10.0. The molecule has 4 atom stereocenters. The molecule has 1 heterocycles. The molecule has 0 aromatic heterocycles. The highest BCUT2D eigenvalue weighted by atomic mass is 16.3. The molecule has 3 N–H and O–H groups in total. The Bertz CT molecular complexity index is 270. The second kappa shape index (κ2) is 5.83. The fourth-order valence-corrected chi connectivity index (χ4v) is 2.85. The van der Waals surface area contributed by atoms with Gasteiger partial charge in [0.1, 0.15) is 0 Å². The van der Waals surface area contributed by atoms with Crippen LogP contribution in [0.4, 0.5) is 0 Å². The number of aliphatic hydroxyl groups is 1. The van der Waals surface area contributed by atoms with E-state index in [1.165, 1.54) is 19.3 Å². The molecule has 1 amide bonds. The molecule has 1 saturated carbocycles. The van der Waals surface area contributed by atoms with Gasteiger partial charge in [-0.15, -0.1) is 0 Å². The highest BCUT2D eigenvalue weighted by molar-refractivity contribution is 5.82. The highest BCUT2D eigenvalue weighted by Gasteiger charge is 2.29. The van der Waals surface area contributed by atoms with E-state index in [-0.39, 0.29) is 18.1 Å². The Morgan fingerprint density at radius 3 is 2.82 bits per heavy atom. The molecular weight excluding hydrogens is 216 g/mol. The van der Waals surface area contributed by atoms with Crippen LogP contribution in [0.5, 0.6) is 0 Å². The molecule has 4 unspecified atom stereocenters. The largest absolute Gasteiger partial charge is 0.392 e. The number of carbonyl (C=O) groups is 1. The average molecular weight is 240 g/mol. The topological polar surface area (TPSA) is 61.4 Å². The summed E-state index contributed by atoms with van der Waals surface area (Å²) in [6, 6.07) is 0.151. The summed E-state index contributed by atoms with van der Waals surface area (Å²) in [7, 11) is 0. The lowest BCUT2D eigenvalue weighted by molar-refractivity contribution is -0.123. The number of amides is 1. The first-order valence-electron chi connectivity index (χ1n) is 6.87. The van der Waals surface area contributed by atoms with Gasteiger partial charge in [-0.2, -0.15) is 0 Å². The number of rotatable bonds is 2. The number of nitrogens with one attached hydrogen (secondary N) is 2. The minimum atomic E-state index is -0.361. The zero-order valence-electron chi connectivity index (χ0n) is 10.6. The Labute approximate surface area is 103 Å². The van der Waals surface area contributed by atoms with E-state index in [1.807, 2.05) is 0 Å². The number of hydrogen-bond acceptors (Lipinski definition) is 3. The predicted molar refractivity (Wildman–Crippen MR) is 66.6 cm³/mol.